The Hall–Kier alpha value is -4.53. The maximum absolute atomic E-state index is 13.1. The lowest BCUT2D eigenvalue weighted by Gasteiger charge is -2.16. The lowest BCUT2D eigenvalue weighted by molar-refractivity contribution is 0.262. The number of ether oxygens (including phenoxy) is 3. The highest BCUT2D eigenvalue weighted by molar-refractivity contribution is 6.00. The molecule has 2 amide bonds. The molecule has 0 saturated carbocycles. The summed E-state index contributed by atoms with van der Waals surface area (Å²) < 4.78 is 17.5. The second-order valence-corrected chi connectivity index (χ2v) is 7.81. The molecule has 35 heavy (non-hydrogen) atoms. The minimum absolute atomic E-state index is 0.145. The van der Waals surface area contributed by atoms with Crippen molar-refractivity contribution in [1.82, 2.24) is 9.55 Å². The first-order valence-corrected chi connectivity index (χ1v) is 10.8. The number of carbonyl (C=O) groups is 1. The molecule has 0 spiro atoms. The highest BCUT2D eigenvalue weighted by atomic mass is 16.5. The van der Waals surface area contributed by atoms with Crippen LogP contribution in [0.3, 0.4) is 0 Å². The van der Waals surface area contributed by atoms with Gasteiger partial charge >= 0.3 is 6.03 Å². The molecule has 0 aliphatic heterocycles. The first kappa shape index (κ1) is 23.6. The summed E-state index contributed by atoms with van der Waals surface area (Å²) in [7, 11) is 4.52. The number of hydrogen-bond donors (Lipinski definition) is 2. The van der Waals surface area contributed by atoms with Crippen LogP contribution in [0, 0.1) is 13.8 Å². The van der Waals surface area contributed by atoms with E-state index >= 15 is 0 Å². The van der Waals surface area contributed by atoms with Crippen molar-refractivity contribution >= 4 is 28.3 Å². The van der Waals surface area contributed by atoms with Gasteiger partial charge < -0.3 is 24.8 Å². The molecule has 0 radical (unpaired) electrons. The summed E-state index contributed by atoms with van der Waals surface area (Å²) in [4.78, 5) is 30.3. The van der Waals surface area contributed by atoms with Gasteiger partial charge in [0.05, 0.1) is 43.6 Å². The normalized spacial score (nSPS) is 10.7. The first-order valence-electron chi connectivity index (χ1n) is 10.8. The molecular formula is C26H26N4O5. The van der Waals surface area contributed by atoms with Crippen LogP contribution in [0.1, 0.15) is 11.4 Å². The largest absolute Gasteiger partial charge is 0.493 e. The average molecular weight is 475 g/mol. The van der Waals surface area contributed by atoms with Gasteiger partial charge in [-0.05, 0) is 49.7 Å². The highest BCUT2D eigenvalue weighted by Gasteiger charge is 2.15. The van der Waals surface area contributed by atoms with Crippen LogP contribution in [-0.2, 0) is 0 Å². The number of methoxy groups -OCH3 is 3. The lowest BCUT2D eigenvalue weighted by atomic mass is 10.1. The molecule has 0 saturated heterocycles. The van der Waals surface area contributed by atoms with Gasteiger partial charge in [0, 0.05) is 17.8 Å². The summed E-state index contributed by atoms with van der Waals surface area (Å²) in [5, 5.41) is 6.15. The van der Waals surface area contributed by atoms with Gasteiger partial charge in [-0.1, -0.05) is 12.1 Å². The van der Waals surface area contributed by atoms with Crippen LogP contribution in [0.25, 0.3) is 16.6 Å². The van der Waals surface area contributed by atoms with Gasteiger partial charge in [0.1, 0.15) is 5.82 Å². The number of nitrogens with zero attached hydrogens (tertiary/aromatic N) is 2. The maximum Gasteiger partial charge on any atom is 0.323 e. The predicted octanol–water partition coefficient (Wildman–Crippen LogP) is 4.67. The zero-order valence-corrected chi connectivity index (χ0v) is 20.1. The molecule has 0 fully saturated rings. The number of aryl methyl sites for hydroxylation is 2. The van der Waals surface area contributed by atoms with Gasteiger partial charge in [-0.2, -0.15) is 0 Å². The molecule has 9 heteroatoms. The topological polar surface area (TPSA) is 104 Å². The smallest absolute Gasteiger partial charge is 0.323 e. The predicted molar refractivity (Wildman–Crippen MR) is 136 cm³/mol. The maximum atomic E-state index is 13.1. The number of para-hydroxylation sites is 1. The second kappa shape index (κ2) is 9.76. The minimum Gasteiger partial charge on any atom is -0.493 e. The summed E-state index contributed by atoms with van der Waals surface area (Å²) in [6.45, 7) is 3.65. The van der Waals surface area contributed by atoms with Crippen molar-refractivity contribution in [3.8, 4) is 22.9 Å². The quantitative estimate of drug-likeness (QED) is 0.421. The fraction of sp³-hybridized carbons (Fsp3) is 0.192. The van der Waals surface area contributed by atoms with Crippen molar-refractivity contribution < 1.29 is 19.0 Å². The Bertz CT molecular complexity index is 1450. The Morgan fingerprint density at radius 2 is 1.57 bits per heavy atom. The van der Waals surface area contributed by atoms with Crippen LogP contribution in [0.2, 0.25) is 0 Å². The van der Waals surface area contributed by atoms with Gasteiger partial charge in [-0.15, -0.1) is 0 Å². The molecule has 0 unspecified atom stereocenters. The van der Waals surface area contributed by atoms with Crippen LogP contribution in [0.5, 0.6) is 17.2 Å². The van der Waals surface area contributed by atoms with Gasteiger partial charge in [-0.25, -0.2) is 9.78 Å². The number of hydrogen-bond acceptors (Lipinski definition) is 6. The second-order valence-electron chi connectivity index (χ2n) is 7.81. The third kappa shape index (κ3) is 4.61. The highest BCUT2D eigenvalue weighted by Crippen LogP contribution is 2.40. The standard InChI is InChI=1S/C26H26N4O5/c1-15-12-18(30-16(2)27-21-9-7-6-8-19(21)25(30)31)10-11-20(15)29-26(32)28-17-13-22(33-3)24(35-5)23(14-17)34-4/h6-14H,1-5H3,(H2,28,29,32). The number of rotatable bonds is 6. The van der Waals surface area contributed by atoms with Crippen molar-refractivity contribution in [2.24, 2.45) is 0 Å². The van der Waals surface area contributed by atoms with E-state index in [2.05, 4.69) is 15.6 Å². The van der Waals surface area contributed by atoms with Crippen LogP contribution >= 0.6 is 0 Å². The Kier molecular flexibility index (Phi) is 6.59. The van der Waals surface area contributed by atoms with Gasteiger partial charge in [0.25, 0.3) is 5.56 Å². The van der Waals surface area contributed by atoms with E-state index < -0.39 is 6.03 Å². The number of nitrogens with one attached hydrogen (secondary N) is 2. The number of fused-ring (bicyclic) bond motifs is 1. The Morgan fingerprint density at radius 3 is 2.20 bits per heavy atom. The van der Waals surface area contributed by atoms with E-state index in [1.807, 2.05) is 31.2 Å². The van der Waals surface area contributed by atoms with Crippen molar-refractivity contribution in [2.75, 3.05) is 32.0 Å². The van der Waals surface area contributed by atoms with Gasteiger partial charge in [-0.3, -0.25) is 9.36 Å². The SMILES string of the molecule is COc1cc(NC(=O)Nc2ccc(-n3c(C)nc4ccccc4c3=O)cc2C)cc(OC)c1OC. The lowest BCUT2D eigenvalue weighted by Crippen LogP contribution is -2.23. The number of aromatic nitrogens is 2. The van der Waals surface area contributed by atoms with Gasteiger partial charge in [0.15, 0.2) is 11.5 Å². The molecule has 4 aromatic rings. The zero-order valence-electron chi connectivity index (χ0n) is 20.1. The molecule has 0 aliphatic rings. The van der Waals surface area contributed by atoms with Crippen molar-refractivity contribution in [1.29, 1.82) is 0 Å². The third-order valence-electron chi connectivity index (χ3n) is 5.58. The van der Waals surface area contributed by atoms with E-state index in [9.17, 15) is 9.59 Å². The summed E-state index contributed by atoms with van der Waals surface area (Å²) in [5.74, 6) is 1.86. The van der Waals surface area contributed by atoms with Gasteiger partial charge in [0.2, 0.25) is 5.75 Å². The number of urea groups is 1. The molecule has 9 nitrogen and oxygen atoms in total. The molecule has 0 bridgehead atoms. The molecule has 3 aromatic carbocycles. The van der Waals surface area contributed by atoms with Crippen LogP contribution in [0.4, 0.5) is 16.2 Å². The Balaban J connectivity index is 1.58. The Morgan fingerprint density at radius 1 is 0.886 bits per heavy atom. The first-order chi connectivity index (χ1) is 16.9. The van der Waals surface area contributed by atoms with Crippen LogP contribution in [0.15, 0.2) is 59.4 Å². The van der Waals surface area contributed by atoms with E-state index in [4.69, 9.17) is 14.2 Å². The minimum atomic E-state index is -0.448. The monoisotopic (exact) mass is 474 g/mol. The van der Waals surface area contributed by atoms with E-state index in [0.717, 1.165) is 5.56 Å². The molecule has 0 aliphatic carbocycles. The van der Waals surface area contributed by atoms with E-state index in [1.54, 1.807) is 41.8 Å². The summed E-state index contributed by atoms with van der Waals surface area (Å²) in [5.41, 5.74) is 3.02. The number of carbonyl (C=O) groups excluding carboxylic acids is 1. The molecule has 4 rings (SSSR count). The van der Waals surface area contributed by atoms with Crippen molar-refractivity contribution in [3.05, 3.63) is 76.3 Å². The van der Waals surface area contributed by atoms with Crippen LogP contribution in [-0.4, -0.2) is 36.9 Å². The fourth-order valence-electron chi connectivity index (χ4n) is 3.91. The van der Waals surface area contributed by atoms with E-state index in [-0.39, 0.29) is 5.56 Å². The number of amides is 2. The van der Waals surface area contributed by atoms with Crippen LogP contribution < -0.4 is 30.4 Å². The molecular weight excluding hydrogens is 448 g/mol. The van der Waals surface area contributed by atoms with Crippen molar-refractivity contribution in [3.63, 3.8) is 0 Å². The fourth-order valence-corrected chi connectivity index (χ4v) is 3.91. The van der Waals surface area contributed by atoms with E-state index in [0.29, 0.717) is 51.0 Å². The zero-order chi connectivity index (χ0) is 25.1. The average Bonchev–Trinajstić information content (AvgIpc) is 2.85. The molecule has 1 aromatic heterocycles. The summed E-state index contributed by atoms with van der Waals surface area (Å²) in [6.07, 6.45) is 0. The molecule has 1 heterocycles. The number of anilines is 2. The summed E-state index contributed by atoms with van der Waals surface area (Å²) in [6, 6.07) is 15.4. The van der Waals surface area contributed by atoms with Crippen molar-refractivity contribution in [2.45, 2.75) is 13.8 Å². The number of benzene rings is 3. The van der Waals surface area contributed by atoms with E-state index in [1.165, 1.54) is 21.3 Å². The third-order valence-corrected chi connectivity index (χ3v) is 5.58. The Labute approximate surface area is 202 Å². The molecule has 180 valence electrons. The molecule has 2 N–H and O–H groups in total. The molecule has 0 atom stereocenters. The summed E-state index contributed by atoms with van der Waals surface area (Å²) >= 11 is 0.